The molecule has 94 valence electrons. The summed E-state index contributed by atoms with van der Waals surface area (Å²) in [5.41, 5.74) is 1.86. The molecule has 0 aliphatic heterocycles. The molecule has 1 aromatic heterocycles. The summed E-state index contributed by atoms with van der Waals surface area (Å²) >= 11 is 7.08. The van der Waals surface area contributed by atoms with E-state index in [0.29, 0.717) is 10.2 Å². The van der Waals surface area contributed by atoms with Crippen LogP contribution in [0.4, 0.5) is 0 Å². The van der Waals surface area contributed by atoms with Crippen molar-refractivity contribution in [1.29, 1.82) is 0 Å². The molecule has 0 bridgehead atoms. The predicted molar refractivity (Wildman–Crippen MR) is 69.5 cm³/mol. The number of aryl methyl sites for hydroxylation is 1. The van der Waals surface area contributed by atoms with E-state index < -0.39 is 5.97 Å². The molecule has 1 aromatic carbocycles. The van der Waals surface area contributed by atoms with Crippen LogP contribution in [0.15, 0.2) is 29.7 Å². The quantitative estimate of drug-likeness (QED) is 0.873. The van der Waals surface area contributed by atoms with E-state index in [-0.39, 0.29) is 5.75 Å². The lowest BCUT2D eigenvalue weighted by Crippen LogP contribution is -2.02. The van der Waals surface area contributed by atoms with Gasteiger partial charge in [-0.2, -0.15) is 0 Å². The van der Waals surface area contributed by atoms with Crippen LogP contribution in [0.3, 0.4) is 0 Å². The third-order valence-electron chi connectivity index (χ3n) is 2.27. The normalized spacial score (nSPS) is 10.6. The molecule has 0 aliphatic rings. The second kappa shape index (κ2) is 5.41. The summed E-state index contributed by atoms with van der Waals surface area (Å²) < 4.78 is 1.73. The van der Waals surface area contributed by atoms with E-state index >= 15 is 0 Å². The van der Waals surface area contributed by atoms with Gasteiger partial charge >= 0.3 is 5.97 Å². The molecule has 1 heterocycles. The number of nitrogens with zero attached hydrogens (tertiary/aromatic N) is 3. The standard InChI is InChI=1S/C11H10ClN3O2S/c1-7-2-3-8(12)4-9(7)15-6-13-14-11(15)18-5-10(16)17/h2-4,6H,5H2,1H3,(H,16,17). The third-order valence-corrected chi connectivity index (χ3v) is 3.43. The molecule has 2 aromatic rings. The number of carboxylic acids is 1. The minimum absolute atomic E-state index is 0.0572. The maximum Gasteiger partial charge on any atom is 0.313 e. The van der Waals surface area contributed by atoms with Crippen LogP contribution in [0.5, 0.6) is 0 Å². The van der Waals surface area contributed by atoms with Crippen molar-refractivity contribution in [2.24, 2.45) is 0 Å². The molecule has 5 nitrogen and oxygen atoms in total. The summed E-state index contributed by atoms with van der Waals surface area (Å²) in [6.45, 7) is 1.94. The molecule has 0 unspecified atom stereocenters. The molecular weight excluding hydrogens is 274 g/mol. The average Bonchev–Trinajstić information content (AvgIpc) is 2.77. The van der Waals surface area contributed by atoms with Gasteiger partial charge in [0.05, 0.1) is 11.4 Å². The Hall–Kier alpha value is -1.53. The average molecular weight is 284 g/mol. The van der Waals surface area contributed by atoms with Gasteiger partial charge in [0.1, 0.15) is 6.33 Å². The SMILES string of the molecule is Cc1ccc(Cl)cc1-n1cnnc1SCC(=O)O. The maximum absolute atomic E-state index is 10.6. The van der Waals surface area contributed by atoms with Gasteiger partial charge in [-0.25, -0.2) is 0 Å². The highest BCUT2D eigenvalue weighted by molar-refractivity contribution is 7.99. The molecule has 0 saturated heterocycles. The number of halogens is 1. The van der Waals surface area contributed by atoms with Gasteiger partial charge in [-0.1, -0.05) is 29.4 Å². The Labute approximate surface area is 113 Å². The minimum Gasteiger partial charge on any atom is -0.481 e. The number of carboxylic acid groups (broad SMARTS) is 1. The van der Waals surface area contributed by atoms with Crippen LogP contribution < -0.4 is 0 Å². The fourth-order valence-electron chi connectivity index (χ4n) is 1.46. The van der Waals surface area contributed by atoms with Crippen molar-refractivity contribution in [2.75, 3.05) is 5.75 Å². The van der Waals surface area contributed by atoms with Gasteiger partial charge in [-0.05, 0) is 24.6 Å². The van der Waals surface area contributed by atoms with Gasteiger partial charge in [0.15, 0.2) is 5.16 Å². The first-order valence-corrected chi connectivity index (χ1v) is 6.45. The number of benzene rings is 1. The first-order valence-electron chi connectivity index (χ1n) is 5.09. The second-order valence-electron chi connectivity index (χ2n) is 3.60. The van der Waals surface area contributed by atoms with Crippen LogP contribution in [-0.4, -0.2) is 31.6 Å². The molecule has 0 aliphatic carbocycles. The number of aliphatic carboxylic acids is 1. The largest absolute Gasteiger partial charge is 0.481 e. The van der Waals surface area contributed by atoms with Gasteiger partial charge in [0.2, 0.25) is 0 Å². The van der Waals surface area contributed by atoms with Crippen LogP contribution in [0.2, 0.25) is 5.02 Å². The first kappa shape index (κ1) is 12.9. The lowest BCUT2D eigenvalue weighted by molar-refractivity contribution is -0.133. The molecule has 0 atom stereocenters. The van der Waals surface area contributed by atoms with Crippen molar-refractivity contribution >= 4 is 29.3 Å². The van der Waals surface area contributed by atoms with Crippen LogP contribution in [0, 0.1) is 6.92 Å². The summed E-state index contributed by atoms with van der Waals surface area (Å²) in [5, 5.41) is 17.5. The summed E-state index contributed by atoms with van der Waals surface area (Å²) in [6.07, 6.45) is 1.54. The zero-order chi connectivity index (χ0) is 13.1. The topological polar surface area (TPSA) is 68.0 Å². The number of hydrogen-bond donors (Lipinski definition) is 1. The van der Waals surface area contributed by atoms with Gasteiger partial charge < -0.3 is 5.11 Å². The molecule has 0 amide bonds. The fraction of sp³-hybridized carbons (Fsp3) is 0.182. The van der Waals surface area contributed by atoms with Crippen molar-refractivity contribution in [3.63, 3.8) is 0 Å². The zero-order valence-corrected chi connectivity index (χ0v) is 11.1. The monoisotopic (exact) mass is 283 g/mol. The van der Waals surface area contributed by atoms with E-state index in [9.17, 15) is 4.79 Å². The molecule has 0 spiro atoms. The Morgan fingerprint density at radius 1 is 1.56 bits per heavy atom. The van der Waals surface area contributed by atoms with Crippen molar-refractivity contribution in [1.82, 2.24) is 14.8 Å². The number of rotatable bonds is 4. The Morgan fingerprint density at radius 3 is 3.06 bits per heavy atom. The molecule has 0 fully saturated rings. The zero-order valence-electron chi connectivity index (χ0n) is 9.50. The third kappa shape index (κ3) is 2.83. The van der Waals surface area contributed by atoms with E-state index in [1.54, 1.807) is 23.0 Å². The van der Waals surface area contributed by atoms with Gasteiger partial charge in [0.25, 0.3) is 0 Å². The number of hydrogen-bond acceptors (Lipinski definition) is 4. The first-order chi connectivity index (χ1) is 8.58. The number of thioether (sulfide) groups is 1. The molecule has 0 saturated carbocycles. The van der Waals surface area contributed by atoms with Crippen molar-refractivity contribution < 1.29 is 9.90 Å². The molecule has 7 heteroatoms. The maximum atomic E-state index is 10.6. The summed E-state index contributed by atoms with van der Waals surface area (Å²) in [5.74, 6) is -0.949. The Morgan fingerprint density at radius 2 is 2.33 bits per heavy atom. The van der Waals surface area contributed by atoms with Crippen LogP contribution in [0.1, 0.15) is 5.56 Å². The minimum atomic E-state index is -0.891. The van der Waals surface area contributed by atoms with E-state index in [4.69, 9.17) is 16.7 Å². The van der Waals surface area contributed by atoms with Gasteiger partial charge in [-0.3, -0.25) is 9.36 Å². The van der Waals surface area contributed by atoms with Gasteiger partial charge in [0, 0.05) is 5.02 Å². The van der Waals surface area contributed by atoms with Crippen LogP contribution in [0.25, 0.3) is 5.69 Å². The smallest absolute Gasteiger partial charge is 0.313 e. The summed E-state index contributed by atoms with van der Waals surface area (Å²) in [6, 6.07) is 5.49. The molecule has 1 N–H and O–H groups in total. The van der Waals surface area contributed by atoms with Crippen molar-refractivity contribution in [3.8, 4) is 5.69 Å². The molecule has 0 radical (unpaired) electrons. The fourth-order valence-corrected chi connectivity index (χ4v) is 2.26. The van der Waals surface area contributed by atoms with E-state index in [1.807, 2.05) is 13.0 Å². The molecule has 2 rings (SSSR count). The lowest BCUT2D eigenvalue weighted by Gasteiger charge is -2.09. The lowest BCUT2D eigenvalue weighted by atomic mass is 10.2. The summed E-state index contributed by atoms with van der Waals surface area (Å²) in [4.78, 5) is 10.6. The van der Waals surface area contributed by atoms with Gasteiger partial charge in [-0.15, -0.1) is 10.2 Å². The van der Waals surface area contributed by atoms with Crippen LogP contribution >= 0.6 is 23.4 Å². The van der Waals surface area contributed by atoms with Crippen molar-refractivity contribution in [2.45, 2.75) is 12.1 Å². The Balaban J connectivity index is 2.36. The number of aromatic nitrogens is 3. The predicted octanol–water partition coefficient (Wildman–Crippen LogP) is 2.41. The van der Waals surface area contributed by atoms with E-state index in [2.05, 4.69) is 10.2 Å². The van der Waals surface area contributed by atoms with E-state index in [0.717, 1.165) is 23.0 Å². The molecule has 18 heavy (non-hydrogen) atoms. The number of carbonyl (C=O) groups is 1. The Kier molecular flexibility index (Phi) is 3.88. The van der Waals surface area contributed by atoms with Crippen molar-refractivity contribution in [3.05, 3.63) is 35.1 Å². The highest BCUT2D eigenvalue weighted by Crippen LogP contribution is 2.24. The Bertz CT molecular complexity index is 585. The van der Waals surface area contributed by atoms with Crippen LogP contribution in [-0.2, 0) is 4.79 Å². The highest BCUT2D eigenvalue weighted by atomic mass is 35.5. The van der Waals surface area contributed by atoms with E-state index in [1.165, 1.54) is 0 Å². The summed E-state index contributed by atoms with van der Waals surface area (Å²) in [7, 11) is 0. The highest BCUT2D eigenvalue weighted by Gasteiger charge is 2.11. The molecular formula is C11H10ClN3O2S. The second-order valence-corrected chi connectivity index (χ2v) is 4.98.